The Morgan fingerprint density at radius 2 is 2.45 bits per heavy atom. The normalized spacial score (nSPS) is 10.6. The van der Waals surface area contributed by atoms with E-state index in [9.17, 15) is 0 Å². The summed E-state index contributed by atoms with van der Waals surface area (Å²) in [5, 5.41) is 2.95. The minimum Gasteiger partial charge on any atom is -0.255 e. The van der Waals surface area contributed by atoms with Gasteiger partial charge >= 0.3 is 0 Å². The Labute approximate surface area is 77.2 Å². The first-order chi connectivity index (χ1) is 5.40. The van der Waals surface area contributed by atoms with Crippen LogP contribution in [0.2, 0.25) is 0 Å². The van der Waals surface area contributed by atoms with Gasteiger partial charge in [0.2, 0.25) is 0 Å². The van der Waals surface area contributed by atoms with Crippen molar-refractivity contribution >= 4 is 37.5 Å². The lowest BCUT2D eigenvalue weighted by atomic mass is 10.3. The minimum absolute atomic E-state index is 0.883. The summed E-state index contributed by atoms with van der Waals surface area (Å²) in [6.45, 7) is 0. The van der Waals surface area contributed by atoms with Gasteiger partial charge in [0.15, 0.2) is 0 Å². The Bertz CT molecular complexity index is 369. The molecule has 0 saturated carbocycles. The predicted molar refractivity (Wildman–Crippen MR) is 52.3 cm³/mol. The monoisotopic (exact) mass is 227 g/mol. The van der Waals surface area contributed by atoms with Crippen LogP contribution in [-0.4, -0.2) is 4.98 Å². The maximum absolute atomic E-state index is 4.29. The van der Waals surface area contributed by atoms with E-state index in [2.05, 4.69) is 32.4 Å². The first-order valence-electron chi connectivity index (χ1n) is 3.28. The van der Waals surface area contributed by atoms with Gasteiger partial charge in [-0.25, -0.2) is 0 Å². The first kappa shape index (κ1) is 7.25. The third kappa shape index (κ3) is 1.30. The molecule has 0 atom stereocenters. The summed E-state index contributed by atoms with van der Waals surface area (Å²) >= 11 is 5.13. The topological polar surface area (TPSA) is 12.9 Å². The summed E-state index contributed by atoms with van der Waals surface area (Å²) < 4.78 is 1.27. The van der Waals surface area contributed by atoms with Gasteiger partial charge in [-0.3, -0.25) is 4.98 Å². The number of hydrogen-bond acceptors (Lipinski definition) is 2. The van der Waals surface area contributed by atoms with E-state index in [1.807, 2.05) is 12.3 Å². The molecule has 0 spiro atoms. The van der Waals surface area contributed by atoms with Crippen molar-refractivity contribution < 1.29 is 0 Å². The van der Waals surface area contributed by atoms with Gasteiger partial charge in [-0.2, -0.15) is 0 Å². The van der Waals surface area contributed by atoms with Gasteiger partial charge < -0.3 is 0 Å². The summed E-state index contributed by atoms with van der Waals surface area (Å²) in [7, 11) is 0. The van der Waals surface area contributed by atoms with Crippen LogP contribution in [0, 0.1) is 0 Å². The zero-order chi connectivity index (χ0) is 7.68. The van der Waals surface area contributed by atoms with Crippen molar-refractivity contribution in [3.05, 3.63) is 29.3 Å². The number of aromatic nitrogens is 1. The van der Waals surface area contributed by atoms with Crippen LogP contribution in [0.3, 0.4) is 0 Å². The average Bonchev–Trinajstić information content (AvgIpc) is 2.50. The number of rotatable bonds is 1. The number of halogens is 1. The number of pyridine rings is 1. The van der Waals surface area contributed by atoms with Crippen molar-refractivity contribution in [1.82, 2.24) is 4.98 Å². The van der Waals surface area contributed by atoms with Crippen molar-refractivity contribution in [1.29, 1.82) is 0 Å². The molecule has 0 aliphatic carbocycles. The van der Waals surface area contributed by atoms with Crippen LogP contribution in [0.25, 0.3) is 10.2 Å². The molecule has 3 heteroatoms. The Balaban J connectivity index is 2.67. The summed E-state index contributed by atoms with van der Waals surface area (Å²) in [4.78, 5) is 4.29. The Morgan fingerprint density at radius 3 is 3.27 bits per heavy atom. The summed E-state index contributed by atoms with van der Waals surface area (Å²) in [6.07, 6.45) is 1.91. The van der Waals surface area contributed by atoms with E-state index in [1.54, 1.807) is 11.3 Å². The highest BCUT2D eigenvalue weighted by Gasteiger charge is 1.96. The van der Waals surface area contributed by atoms with E-state index in [4.69, 9.17) is 0 Å². The summed E-state index contributed by atoms with van der Waals surface area (Å²) in [6, 6.07) is 4.21. The van der Waals surface area contributed by atoms with Crippen molar-refractivity contribution in [2.75, 3.05) is 0 Å². The third-order valence-electron chi connectivity index (χ3n) is 1.51. The van der Waals surface area contributed by atoms with Crippen molar-refractivity contribution in [3.8, 4) is 0 Å². The van der Waals surface area contributed by atoms with Gasteiger partial charge in [-0.15, -0.1) is 11.3 Å². The Hall–Kier alpha value is -0.410. The zero-order valence-corrected chi connectivity index (χ0v) is 8.15. The molecule has 2 rings (SSSR count). The number of nitrogens with zero attached hydrogens (tertiary/aromatic N) is 1. The molecular weight excluding hydrogens is 222 g/mol. The quantitative estimate of drug-likeness (QED) is 0.683. The molecule has 11 heavy (non-hydrogen) atoms. The lowest BCUT2D eigenvalue weighted by Gasteiger charge is -1.92. The highest BCUT2D eigenvalue weighted by atomic mass is 79.9. The molecule has 0 radical (unpaired) electrons. The maximum atomic E-state index is 4.29. The molecule has 0 unspecified atom stereocenters. The van der Waals surface area contributed by atoms with Crippen LogP contribution < -0.4 is 0 Å². The highest BCUT2D eigenvalue weighted by molar-refractivity contribution is 9.08. The molecule has 0 amide bonds. The Morgan fingerprint density at radius 1 is 1.55 bits per heavy atom. The molecule has 0 saturated heterocycles. The fourth-order valence-corrected chi connectivity index (χ4v) is 2.07. The number of fused-ring (bicyclic) bond motifs is 1. The Kier molecular flexibility index (Phi) is 1.92. The first-order valence-corrected chi connectivity index (χ1v) is 5.28. The second-order valence-corrected chi connectivity index (χ2v) is 3.79. The smallest absolute Gasteiger partial charge is 0.0809 e. The molecule has 0 N–H and O–H groups in total. The van der Waals surface area contributed by atoms with Crippen LogP contribution in [0.4, 0.5) is 0 Å². The maximum Gasteiger partial charge on any atom is 0.0809 e. The van der Waals surface area contributed by atoms with Crippen molar-refractivity contribution in [3.63, 3.8) is 0 Å². The predicted octanol–water partition coefficient (Wildman–Crippen LogP) is 3.19. The lowest BCUT2D eigenvalue weighted by Crippen LogP contribution is -1.78. The van der Waals surface area contributed by atoms with Crippen molar-refractivity contribution in [2.24, 2.45) is 0 Å². The van der Waals surface area contributed by atoms with Crippen molar-refractivity contribution in [2.45, 2.75) is 5.33 Å². The highest BCUT2D eigenvalue weighted by Crippen LogP contribution is 2.20. The van der Waals surface area contributed by atoms with Gasteiger partial charge in [-0.1, -0.05) is 15.9 Å². The van der Waals surface area contributed by atoms with E-state index in [0.29, 0.717) is 0 Å². The molecule has 0 aliphatic heterocycles. The van der Waals surface area contributed by atoms with Gasteiger partial charge in [-0.05, 0) is 23.1 Å². The molecule has 2 heterocycles. The fourth-order valence-electron chi connectivity index (χ4n) is 0.960. The number of hydrogen-bond donors (Lipinski definition) is 0. The van der Waals surface area contributed by atoms with E-state index in [1.165, 1.54) is 10.3 Å². The van der Waals surface area contributed by atoms with Crippen LogP contribution in [-0.2, 0) is 5.33 Å². The molecule has 1 nitrogen and oxygen atoms in total. The SMILES string of the molecule is BrCc1cnc2ccsc2c1. The molecule has 0 bridgehead atoms. The van der Waals surface area contributed by atoms with Gasteiger partial charge in [0.25, 0.3) is 0 Å². The molecule has 0 aromatic carbocycles. The third-order valence-corrected chi connectivity index (χ3v) is 3.01. The number of alkyl halides is 1. The fraction of sp³-hybridized carbons (Fsp3) is 0.125. The standard InChI is InChI=1S/C8H6BrNS/c9-4-6-3-8-7(10-5-6)1-2-11-8/h1-3,5H,4H2. The molecule has 2 aromatic heterocycles. The molecular formula is C8H6BrNS. The average molecular weight is 228 g/mol. The van der Waals surface area contributed by atoms with Crippen LogP contribution in [0.5, 0.6) is 0 Å². The van der Waals surface area contributed by atoms with Crippen LogP contribution in [0.15, 0.2) is 23.7 Å². The van der Waals surface area contributed by atoms with E-state index < -0.39 is 0 Å². The second-order valence-electron chi connectivity index (χ2n) is 2.28. The van der Waals surface area contributed by atoms with Crippen LogP contribution in [0.1, 0.15) is 5.56 Å². The van der Waals surface area contributed by atoms with Gasteiger partial charge in [0.05, 0.1) is 10.2 Å². The van der Waals surface area contributed by atoms with E-state index >= 15 is 0 Å². The second kappa shape index (κ2) is 2.91. The lowest BCUT2D eigenvalue weighted by molar-refractivity contribution is 1.33. The van der Waals surface area contributed by atoms with Gasteiger partial charge in [0, 0.05) is 11.5 Å². The summed E-state index contributed by atoms with van der Waals surface area (Å²) in [5.41, 5.74) is 2.33. The minimum atomic E-state index is 0.883. The van der Waals surface area contributed by atoms with E-state index in [0.717, 1.165) is 10.8 Å². The van der Waals surface area contributed by atoms with E-state index in [-0.39, 0.29) is 0 Å². The van der Waals surface area contributed by atoms with Crippen LogP contribution >= 0.6 is 27.3 Å². The zero-order valence-electron chi connectivity index (χ0n) is 5.75. The summed E-state index contributed by atoms with van der Waals surface area (Å²) in [5.74, 6) is 0. The molecule has 56 valence electrons. The molecule has 0 fully saturated rings. The number of thiophene rings is 1. The molecule has 0 aliphatic rings. The van der Waals surface area contributed by atoms with Gasteiger partial charge in [0.1, 0.15) is 0 Å². The largest absolute Gasteiger partial charge is 0.255 e. The molecule has 2 aromatic rings.